The van der Waals surface area contributed by atoms with Gasteiger partial charge in [-0.15, -0.1) is 0 Å². The lowest BCUT2D eigenvalue weighted by Crippen LogP contribution is -2.40. The average molecular weight is 376 g/mol. The molecule has 0 aromatic heterocycles. The molecule has 2 atom stereocenters. The number of rotatable bonds is 4. The first kappa shape index (κ1) is 16.9. The molecule has 2 unspecified atom stereocenters. The van der Waals surface area contributed by atoms with Crippen LogP contribution in [0.3, 0.4) is 0 Å². The number of hydrogen-bond donors (Lipinski definition) is 1. The van der Waals surface area contributed by atoms with Crippen molar-refractivity contribution >= 4 is 26.0 Å². The van der Waals surface area contributed by atoms with E-state index in [2.05, 4.69) is 15.9 Å². The van der Waals surface area contributed by atoms with Gasteiger partial charge in [0.15, 0.2) is 0 Å². The van der Waals surface area contributed by atoms with Gasteiger partial charge in [0.25, 0.3) is 0 Å². The summed E-state index contributed by atoms with van der Waals surface area (Å²) in [5.41, 5.74) is 1.30. The van der Waals surface area contributed by atoms with Gasteiger partial charge >= 0.3 is 0 Å². The molecule has 1 saturated heterocycles. The minimum absolute atomic E-state index is 0.0240. The van der Waals surface area contributed by atoms with Crippen LogP contribution in [0.1, 0.15) is 44.2 Å². The van der Waals surface area contributed by atoms with Gasteiger partial charge in [0.05, 0.1) is 11.5 Å². The van der Waals surface area contributed by atoms with E-state index in [1.807, 2.05) is 13.8 Å². The molecule has 0 radical (unpaired) electrons. The van der Waals surface area contributed by atoms with Crippen LogP contribution in [0.25, 0.3) is 0 Å². The first-order valence-corrected chi connectivity index (χ1v) is 9.49. The van der Waals surface area contributed by atoms with Crippen molar-refractivity contribution in [2.45, 2.75) is 63.6 Å². The monoisotopic (exact) mass is 375 g/mol. The number of aliphatic hydroxyl groups is 1. The van der Waals surface area contributed by atoms with Gasteiger partial charge in [0, 0.05) is 16.6 Å². The fourth-order valence-electron chi connectivity index (χ4n) is 3.04. The molecule has 0 saturated carbocycles. The fraction of sp³-hybridized carbons (Fsp3) is 0.600. The molecule has 21 heavy (non-hydrogen) atoms. The Bertz CT molecular complexity index is 630. The molecule has 4 nitrogen and oxygen atoms in total. The van der Waals surface area contributed by atoms with Crippen LogP contribution in [0.4, 0.5) is 0 Å². The van der Waals surface area contributed by atoms with Crippen molar-refractivity contribution in [3.05, 3.63) is 27.7 Å². The normalized spacial score (nSPS) is 23.7. The molecule has 0 spiro atoms. The largest absolute Gasteiger partial charge is 0.392 e. The summed E-state index contributed by atoms with van der Waals surface area (Å²) >= 11 is 3.39. The van der Waals surface area contributed by atoms with Crippen molar-refractivity contribution in [1.82, 2.24) is 4.31 Å². The summed E-state index contributed by atoms with van der Waals surface area (Å²) in [7, 11) is -3.54. The second-order valence-corrected chi connectivity index (χ2v) is 8.35. The number of sulfonamides is 1. The van der Waals surface area contributed by atoms with Crippen LogP contribution in [0, 0.1) is 6.92 Å². The lowest BCUT2D eigenvalue weighted by atomic mass is 10.2. The van der Waals surface area contributed by atoms with E-state index in [4.69, 9.17) is 0 Å². The molecule has 0 bridgehead atoms. The highest BCUT2D eigenvalue weighted by Gasteiger charge is 2.40. The summed E-state index contributed by atoms with van der Waals surface area (Å²) in [4.78, 5) is 0.299. The van der Waals surface area contributed by atoms with Crippen molar-refractivity contribution in [3.63, 3.8) is 0 Å². The number of benzene rings is 1. The quantitative estimate of drug-likeness (QED) is 0.878. The standard InChI is InChI=1S/C15H22BrNO3S/c1-4-13-6-5-10(2)17(13)21(19,20)15-8-12(9-18)7-14(16)11(15)3/h7-8,10,13,18H,4-6,9H2,1-3H3. The molecule has 0 aliphatic carbocycles. The Labute approximate surface area is 135 Å². The van der Waals surface area contributed by atoms with Crippen LogP contribution in [0.2, 0.25) is 0 Å². The van der Waals surface area contributed by atoms with Crippen molar-refractivity contribution in [1.29, 1.82) is 0 Å². The minimum atomic E-state index is -3.54. The second kappa shape index (κ2) is 6.36. The van der Waals surface area contributed by atoms with Crippen LogP contribution in [-0.4, -0.2) is 29.9 Å². The summed E-state index contributed by atoms with van der Waals surface area (Å²) in [6.07, 6.45) is 2.64. The Morgan fingerprint density at radius 1 is 1.38 bits per heavy atom. The maximum atomic E-state index is 13.1. The first-order chi connectivity index (χ1) is 9.82. The van der Waals surface area contributed by atoms with Gasteiger partial charge in [-0.1, -0.05) is 22.9 Å². The molecule has 6 heteroatoms. The molecule has 1 fully saturated rings. The minimum Gasteiger partial charge on any atom is -0.392 e. The number of hydrogen-bond acceptors (Lipinski definition) is 3. The summed E-state index contributed by atoms with van der Waals surface area (Å²) in [5.74, 6) is 0. The highest BCUT2D eigenvalue weighted by atomic mass is 79.9. The molecule has 1 aliphatic rings. The van der Waals surface area contributed by atoms with Crippen molar-refractivity contribution in [2.75, 3.05) is 0 Å². The molecule has 2 rings (SSSR count). The zero-order valence-electron chi connectivity index (χ0n) is 12.6. The Balaban J connectivity index is 2.56. The highest BCUT2D eigenvalue weighted by molar-refractivity contribution is 9.10. The van der Waals surface area contributed by atoms with Crippen molar-refractivity contribution in [3.8, 4) is 0 Å². The third kappa shape index (κ3) is 3.04. The predicted octanol–water partition coefficient (Wildman–Crippen LogP) is 3.20. The Morgan fingerprint density at radius 3 is 2.62 bits per heavy atom. The van der Waals surface area contributed by atoms with Crippen molar-refractivity contribution in [2.24, 2.45) is 0 Å². The summed E-state index contributed by atoms with van der Waals surface area (Å²) < 4.78 is 28.5. The molecule has 1 heterocycles. The van der Waals surface area contributed by atoms with Gasteiger partial charge in [0.1, 0.15) is 0 Å². The van der Waals surface area contributed by atoms with Crippen LogP contribution in [0.5, 0.6) is 0 Å². The molecule has 1 aromatic carbocycles. The Kier molecular flexibility index (Phi) is 5.13. The Hall–Kier alpha value is -0.430. The van der Waals surface area contributed by atoms with E-state index in [1.54, 1.807) is 23.4 Å². The number of aliphatic hydroxyl groups excluding tert-OH is 1. The molecule has 1 N–H and O–H groups in total. The van der Waals surface area contributed by atoms with E-state index in [1.165, 1.54) is 0 Å². The van der Waals surface area contributed by atoms with Gasteiger partial charge in [-0.25, -0.2) is 8.42 Å². The molecular weight excluding hydrogens is 354 g/mol. The predicted molar refractivity (Wildman–Crippen MR) is 86.6 cm³/mol. The van der Waals surface area contributed by atoms with E-state index in [0.29, 0.717) is 20.5 Å². The SMILES string of the molecule is CCC1CCC(C)N1S(=O)(=O)c1cc(CO)cc(Br)c1C. The fourth-order valence-corrected chi connectivity index (χ4v) is 5.93. The average Bonchev–Trinajstić information content (AvgIpc) is 2.83. The van der Waals surface area contributed by atoms with Gasteiger partial charge < -0.3 is 5.11 Å². The van der Waals surface area contributed by atoms with Crippen molar-refractivity contribution < 1.29 is 13.5 Å². The Morgan fingerprint density at radius 2 is 2.05 bits per heavy atom. The number of nitrogens with zero attached hydrogens (tertiary/aromatic N) is 1. The molecule has 1 aliphatic heterocycles. The lowest BCUT2D eigenvalue weighted by molar-refractivity contribution is 0.281. The smallest absolute Gasteiger partial charge is 0.243 e. The van der Waals surface area contributed by atoms with E-state index < -0.39 is 10.0 Å². The second-order valence-electron chi connectivity index (χ2n) is 5.68. The third-order valence-corrected chi connectivity index (χ3v) is 7.29. The summed E-state index contributed by atoms with van der Waals surface area (Å²) in [6, 6.07) is 3.45. The van der Waals surface area contributed by atoms with E-state index in [-0.39, 0.29) is 18.7 Å². The molecular formula is C15H22BrNO3S. The number of halogens is 1. The van der Waals surface area contributed by atoms with Crippen LogP contribution < -0.4 is 0 Å². The first-order valence-electron chi connectivity index (χ1n) is 7.26. The van der Waals surface area contributed by atoms with Crippen LogP contribution in [-0.2, 0) is 16.6 Å². The lowest BCUT2D eigenvalue weighted by Gasteiger charge is -2.28. The van der Waals surface area contributed by atoms with Crippen LogP contribution >= 0.6 is 15.9 Å². The maximum Gasteiger partial charge on any atom is 0.243 e. The van der Waals surface area contributed by atoms with Gasteiger partial charge in [-0.05, 0) is 56.4 Å². The maximum absolute atomic E-state index is 13.1. The van der Waals surface area contributed by atoms with E-state index in [9.17, 15) is 13.5 Å². The van der Waals surface area contributed by atoms with Gasteiger partial charge in [-0.3, -0.25) is 0 Å². The highest BCUT2D eigenvalue weighted by Crippen LogP contribution is 2.35. The summed E-state index contributed by atoms with van der Waals surface area (Å²) in [6.45, 7) is 5.61. The zero-order valence-corrected chi connectivity index (χ0v) is 15.0. The zero-order chi connectivity index (χ0) is 15.8. The molecule has 118 valence electrons. The van der Waals surface area contributed by atoms with E-state index in [0.717, 1.165) is 19.3 Å². The molecule has 0 amide bonds. The van der Waals surface area contributed by atoms with Gasteiger partial charge in [-0.2, -0.15) is 4.31 Å². The summed E-state index contributed by atoms with van der Waals surface area (Å²) in [5, 5.41) is 9.33. The topological polar surface area (TPSA) is 57.6 Å². The molecule has 1 aromatic rings. The third-order valence-electron chi connectivity index (χ3n) is 4.28. The van der Waals surface area contributed by atoms with Gasteiger partial charge in [0.2, 0.25) is 10.0 Å². The van der Waals surface area contributed by atoms with Crippen LogP contribution in [0.15, 0.2) is 21.5 Å². The van der Waals surface area contributed by atoms with E-state index >= 15 is 0 Å².